The molecule has 0 aliphatic carbocycles. The monoisotopic (exact) mass is 336 g/mol. The van der Waals surface area contributed by atoms with Crippen LogP contribution in [0.15, 0.2) is 18.2 Å². The van der Waals surface area contributed by atoms with Crippen molar-refractivity contribution in [2.75, 3.05) is 24.7 Å². The molecule has 2 aliphatic rings. The summed E-state index contributed by atoms with van der Waals surface area (Å²) < 4.78 is 5.35. The second-order valence-electron chi connectivity index (χ2n) is 6.44. The van der Waals surface area contributed by atoms with Crippen LogP contribution in [-0.2, 0) is 9.53 Å². The Labute approximate surface area is 140 Å². The fourth-order valence-corrected chi connectivity index (χ4v) is 3.27. The average Bonchev–Trinajstić information content (AvgIpc) is 2.94. The zero-order valence-corrected chi connectivity index (χ0v) is 14.0. The maximum absolute atomic E-state index is 12.6. The molecule has 2 amide bonds. The third-order valence-corrected chi connectivity index (χ3v) is 4.92. The van der Waals surface area contributed by atoms with E-state index in [4.69, 9.17) is 16.3 Å². The zero-order chi connectivity index (χ0) is 16.4. The SMILES string of the molecule is CC1(NC(=O)c2cc(N3CCCC3=O)ccc2Cl)CCOCC1. The first-order valence-corrected chi connectivity index (χ1v) is 8.36. The number of halogens is 1. The number of carbonyl (C=O) groups is 2. The van der Waals surface area contributed by atoms with Crippen molar-refractivity contribution in [1.29, 1.82) is 0 Å². The molecule has 2 heterocycles. The second kappa shape index (κ2) is 6.49. The Balaban J connectivity index is 1.80. The quantitative estimate of drug-likeness (QED) is 0.923. The second-order valence-corrected chi connectivity index (χ2v) is 6.85. The molecule has 0 spiro atoms. The minimum Gasteiger partial charge on any atom is -0.381 e. The van der Waals surface area contributed by atoms with Crippen LogP contribution in [0.1, 0.15) is 43.0 Å². The summed E-state index contributed by atoms with van der Waals surface area (Å²) in [6.45, 7) is 4.01. The molecule has 0 bridgehead atoms. The van der Waals surface area contributed by atoms with Gasteiger partial charge in [0.05, 0.1) is 10.6 Å². The summed E-state index contributed by atoms with van der Waals surface area (Å²) >= 11 is 6.21. The maximum atomic E-state index is 12.6. The number of anilines is 1. The third-order valence-electron chi connectivity index (χ3n) is 4.59. The minimum absolute atomic E-state index is 0.0927. The van der Waals surface area contributed by atoms with Gasteiger partial charge in [0.25, 0.3) is 5.91 Å². The molecule has 23 heavy (non-hydrogen) atoms. The van der Waals surface area contributed by atoms with Gasteiger partial charge in [0, 0.05) is 37.4 Å². The van der Waals surface area contributed by atoms with E-state index in [2.05, 4.69) is 5.32 Å². The van der Waals surface area contributed by atoms with E-state index in [0.29, 0.717) is 36.8 Å². The molecule has 124 valence electrons. The van der Waals surface area contributed by atoms with Crippen molar-refractivity contribution < 1.29 is 14.3 Å². The molecule has 2 fully saturated rings. The minimum atomic E-state index is -0.280. The summed E-state index contributed by atoms with van der Waals surface area (Å²) in [5.74, 6) is -0.108. The summed E-state index contributed by atoms with van der Waals surface area (Å²) in [6.07, 6.45) is 2.96. The van der Waals surface area contributed by atoms with Gasteiger partial charge in [-0.25, -0.2) is 0 Å². The summed E-state index contributed by atoms with van der Waals surface area (Å²) in [6, 6.07) is 5.19. The molecule has 0 saturated carbocycles. The summed E-state index contributed by atoms with van der Waals surface area (Å²) in [5.41, 5.74) is 0.869. The molecule has 0 radical (unpaired) electrons. The topological polar surface area (TPSA) is 58.6 Å². The molecule has 2 aliphatic heterocycles. The smallest absolute Gasteiger partial charge is 0.253 e. The van der Waals surface area contributed by atoms with Crippen molar-refractivity contribution in [1.82, 2.24) is 5.32 Å². The van der Waals surface area contributed by atoms with Crippen LogP contribution in [0, 0.1) is 0 Å². The Bertz CT molecular complexity index is 626. The van der Waals surface area contributed by atoms with Gasteiger partial charge in [-0.05, 0) is 44.4 Å². The van der Waals surface area contributed by atoms with Crippen molar-refractivity contribution in [2.24, 2.45) is 0 Å². The average molecular weight is 337 g/mol. The number of carbonyl (C=O) groups excluding carboxylic acids is 2. The van der Waals surface area contributed by atoms with Crippen LogP contribution in [0.2, 0.25) is 5.02 Å². The van der Waals surface area contributed by atoms with Crippen LogP contribution in [0.3, 0.4) is 0 Å². The van der Waals surface area contributed by atoms with Crippen molar-refractivity contribution in [3.05, 3.63) is 28.8 Å². The number of nitrogens with zero attached hydrogens (tertiary/aromatic N) is 1. The number of hydrogen-bond acceptors (Lipinski definition) is 3. The highest BCUT2D eigenvalue weighted by atomic mass is 35.5. The van der Waals surface area contributed by atoms with Crippen molar-refractivity contribution >= 4 is 29.1 Å². The van der Waals surface area contributed by atoms with Gasteiger partial charge in [0.2, 0.25) is 5.91 Å². The molecule has 1 N–H and O–H groups in total. The maximum Gasteiger partial charge on any atom is 0.253 e. The fraction of sp³-hybridized carbons (Fsp3) is 0.529. The van der Waals surface area contributed by atoms with Gasteiger partial charge in [-0.1, -0.05) is 11.6 Å². The van der Waals surface area contributed by atoms with Gasteiger partial charge in [-0.15, -0.1) is 0 Å². The standard InChI is InChI=1S/C17H21ClN2O3/c1-17(6-9-23-10-7-17)19-16(22)13-11-12(4-5-14(13)18)20-8-2-3-15(20)21/h4-5,11H,2-3,6-10H2,1H3,(H,19,22). The van der Waals surface area contributed by atoms with E-state index in [1.807, 2.05) is 6.92 Å². The van der Waals surface area contributed by atoms with Crippen molar-refractivity contribution in [2.45, 2.75) is 38.1 Å². The Morgan fingerprint density at radius 2 is 2.09 bits per heavy atom. The third kappa shape index (κ3) is 3.51. The Kier molecular flexibility index (Phi) is 4.60. The van der Waals surface area contributed by atoms with E-state index in [9.17, 15) is 9.59 Å². The van der Waals surface area contributed by atoms with Gasteiger partial charge in [0.1, 0.15) is 0 Å². The Morgan fingerprint density at radius 3 is 2.74 bits per heavy atom. The van der Waals surface area contributed by atoms with E-state index in [1.54, 1.807) is 23.1 Å². The van der Waals surface area contributed by atoms with Crippen molar-refractivity contribution in [3.63, 3.8) is 0 Å². The molecule has 0 atom stereocenters. The molecule has 3 rings (SSSR count). The molecule has 5 nitrogen and oxygen atoms in total. The highest BCUT2D eigenvalue weighted by molar-refractivity contribution is 6.34. The van der Waals surface area contributed by atoms with E-state index >= 15 is 0 Å². The molecular weight excluding hydrogens is 316 g/mol. The van der Waals surface area contributed by atoms with E-state index in [1.165, 1.54) is 0 Å². The summed E-state index contributed by atoms with van der Waals surface area (Å²) in [5, 5.41) is 3.47. The largest absolute Gasteiger partial charge is 0.381 e. The number of rotatable bonds is 3. The highest BCUT2D eigenvalue weighted by Crippen LogP contribution is 2.28. The molecule has 2 saturated heterocycles. The van der Waals surface area contributed by atoms with Gasteiger partial charge in [-0.3, -0.25) is 9.59 Å². The first-order chi connectivity index (χ1) is 11.0. The molecule has 0 aromatic heterocycles. The molecular formula is C17H21ClN2O3. The lowest BCUT2D eigenvalue weighted by Crippen LogP contribution is -2.49. The number of benzene rings is 1. The van der Waals surface area contributed by atoms with Crippen LogP contribution in [0.5, 0.6) is 0 Å². The number of ether oxygens (including phenoxy) is 1. The number of amides is 2. The lowest BCUT2D eigenvalue weighted by molar-refractivity contribution is -0.117. The Morgan fingerprint density at radius 1 is 1.35 bits per heavy atom. The predicted molar refractivity (Wildman–Crippen MR) is 89.0 cm³/mol. The summed E-state index contributed by atoms with van der Waals surface area (Å²) in [4.78, 5) is 26.2. The first-order valence-electron chi connectivity index (χ1n) is 7.99. The predicted octanol–water partition coefficient (Wildman–Crippen LogP) is 2.77. The van der Waals surface area contributed by atoms with E-state index < -0.39 is 0 Å². The fourth-order valence-electron chi connectivity index (χ4n) is 3.06. The van der Waals surface area contributed by atoms with Crippen molar-refractivity contribution in [3.8, 4) is 0 Å². The van der Waals surface area contributed by atoms with Gasteiger partial charge >= 0.3 is 0 Å². The highest BCUT2D eigenvalue weighted by Gasteiger charge is 2.30. The normalized spacial score (nSPS) is 20.6. The zero-order valence-electron chi connectivity index (χ0n) is 13.2. The van der Waals surface area contributed by atoms with Crippen LogP contribution in [0.4, 0.5) is 5.69 Å². The molecule has 1 aromatic rings. The van der Waals surface area contributed by atoms with Crippen LogP contribution < -0.4 is 10.2 Å². The number of hydrogen-bond donors (Lipinski definition) is 1. The van der Waals surface area contributed by atoms with Gasteiger partial charge in [0.15, 0.2) is 0 Å². The van der Waals surface area contributed by atoms with E-state index in [0.717, 1.165) is 24.9 Å². The lowest BCUT2D eigenvalue weighted by atomic mass is 9.92. The molecule has 6 heteroatoms. The number of nitrogens with one attached hydrogen (secondary N) is 1. The Hall–Kier alpha value is -1.59. The van der Waals surface area contributed by atoms with Crippen LogP contribution in [0.25, 0.3) is 0 Å². The summed E-state index contributed by atoms with van der Waals surface area (Å²) in [7, 11) is 0. The van der Waals surface area contributed by atoms with Crippen LogP contribution in [-0.4, -0.2) is 37.1 Å². The molecule has 1 aromatic carbocycles. The van der Waals surface area contributed by atoms with Gasteiger partial charge in [-0.2, -0.15) is 0 Å². The first kappa shape index (κ1) is 16.3. The van der Waals surface area contributed by atoms with Gasteiger partial charge < -0.3 is 15.0 Å². The lowest BCUT2D eigenvalue weighted by Gasteiger charge is -2.34. The van der Waals surface area contributed by atoms with E-state index in [-0.39, 0.29) is 17.4 Å². The molecule has 0 unspecified atom stereocenters. The van der Waals surface area contributed by atoms with Crippen LogP contribution >= 0.6 is 11.6 Å².